The summed E-state index contributed by atoms with van der Waals surface area (Å²) in [5, 5.41) is 2.44. The van der Waals surface area contributed by atoms with Gasteiger partial charge in [0.05, 0.1) is 5.69 Å². The fraction of sp³-hybridized carbons (Fsp3) is 0.320. The molecule has 2 heterocycles. The Bertz CT molecular complexity index is 1040. The minimum Gasteiger partial charge on any atom is -0.445 e. The zero-order valence-corrected chi connectivity index (χ0v) is 19.1. The van der Waals surface area contributed by atoms with Gasteiger partial charge in [0.25, 0.3) is 5.91 Å². The van der Waals surface area contributed by atoms with Crippen LogP contribution in [0.25, 0.3) is 0 Å². The number of aromatic nitrogens is 1. The maximum atomic E-state index is 13.7. The molecule has 0 aliphatic carbocycles. The molecule has 0 radical (unpaired) electrons. The van der Waals surface area contributed by atoms with Gasteiger partial charge in [0.15, 0.2) is 5.13 Å². The summed E-state index contributed by atoms with van der Waals surface area (Å²) in [5.74, 6) is 0.240. The Morgan fingerprint density at radius 1 is 1.16 bits per heavy atom. The van der Waals surface area contributed by atoms with Crippen molar-refractivity contribution in [3.05, 3.63) is 77.3 Å². The summed E-state index contributed by atoms with van der Waals surface area (Å²) in [5.41, 5.74) is 2.86. The molecule has 166 valence electrons. The number of thiazole rings is 1. The van der Waals surface area contributed by atoms with Gasteiger partial charge in [-0.25, -0.2) is 9.78 Å². The summed E-state index contributed by atoms with van der Waals surface area (Å²) >= 11 is 1.40. The predicted molar refractivity (Wildman–Crippen MR) is 126 cm³/mol. The van der Waals surface area contributed by atoms with Gasteiger partial charge in [-0.15, -0.1) is 11.3 Å². The van der Waals surface area contributed by atoms with Crippen molar-refractivity contribution in [2.75, 3.05) is 11.4 Å². The van der Waals surface area contributed by atoms with E-state index in [2.05, 4.69) is 18.8 Å². The molecule has 4 rings (SSSR count). The summed E-state index contributed by atoms with van der Waals surface area (Å²) in [6.07, 6.45) is 2.59. The summed E-state index contributed by atoms with van der Waals surface area (Å²) < 4.78 is 5.51. The van der Waals surface area contributed by atoms with Crippen molar-refractivity contribution < 1.29 is 14.3 Å². The predicted octanol–water partition coefficient (Wildman–Crippen LogP) is 5.73. The highest BCUT2D eigenvalue weighted by atomic mass is 32.1. The number of benzene rings is 2. The van der Waals surface area contributed by atoms with Crippen LogP contribution in [0.1, 0.15) is 43.7 Å². The van der Waals surface area contributed by atoms with Crippen molar-refractivity contribution in [3.8, 4) is 0 Å². The van der Waals surface area contributed by atoms with Crippen LogP contribution in [0.3, 0.4) is 0 Å². The molecule has 1 atom stereocenters. The monoisotopic (exact) mass is 449 g/mol. The van der Waals surface area contributed by atoms with Crippen molar-refractivity contribution in [1.29, 1.82) is 0 Å². The first kappa shape index (κ1) is 22.0. The second kappa shape index (κ2) is 9.96. The third-order valence-corrected chi connectivity index (χ3v) is 6.38. The molecule has 7 heteroatoms. The molecular weight excluding hydrogens is 422 g/mol. The number of likely N-dealkylation sites (tertiary alicyclic amines) is 1. The molecule has 1 aromatic heterocycles. The molecule has 1 unspecified atom stereocenters. The molecule has 32 heavy (non-hydrogen) atoms. The van der Waals surface area contributed by atoms with Crippen LogP contribution in [0.15, 0.2) is 66.2 Å². The number of hydrogen-bond donors (Lipinski definition) is 0. The van der Waals surface area contributed by atoms with Crippen molar-refractivity contribution in [1.82, 2.24) is 9.88 Å². The molecule has 0 spiro atoms. The number of anilines is 2. The maximum Gasteiger partial charge on any atom is 0.410 e. The highest BCUT2D eigenvalue weighted by molar-refractivity contribution is 7.13. The van der Waals surface area contributed by atoms with E-state index in [1.54, 1.807) is 16.0 Å². The number of hydrogen-bond acceptors (Lipinski definition) is 5. The Morgan fingerprint density at radius 2 is 1.91 bits per heavy atom. The molecule has 0 bridgehead atoms. The van der Waals surface area contributed by atoms with E-state index in [4.69, 9.17) is 4.74 Å². The van der Waals surface area contributed by atoms with E-state index in [0.29, 0.717) is 24.0 Å². The molecule has 2 amide bonds. The van der Waals surface area contributed by atoms with Crippen LogP contribution in [0.2, 0.25) is 0 Å². The zero-order valence-electron chi connectivity index (χ0n) is 18.3. The van der Waals surface area contributed by atoms with Crippen LogP contribution in [0.4, 0.5) is 15.6 Å². The first-order valence-corrected chi connectivity index (χ1v) is 11.7. The topological polar surface area (TPSA) is 62.7 Å². The molecule has 1 aliphatic heterocycles. The lowest BCUT2D eigenvalue weighted by Gasteiger charge is -2.28. The zero-order chi connectivity index (χ0) is 22.5. The largest absolute Gasteiger partial charge is 0.445 e. The quantitative estimate of drug-likeness (QED) is 0.482. The van der Waals surface area contributed by atoms with E-state index in [-0.39, 0.29) is 12.5 Å². The fourth-order valence-corrected chi connectivity index (χ4v) is 4.53. The molecule has 2 aromatic carbocycles. The second-order valence-electron chi connectivity index (χ2n) is 8.13. The minimum atomic E-state index is -0.577. The van der Waals surface area contributed by atoms with Gasteiger partial charge in [0, 0.05) is 18.1 Å². The van der Waals surface area contributed by atoms with Crippen LogP contribution < -0.4 is 4.90 Å². The van der Waals surface area contributed by atoms with Crippen molar-refractivity contribution in [3.63, 3.8) is 0 Å². The van der Waals surface area contributed by atoms with Gasteiger partial charge in [-0.1, -0.05) is 56.3 Å². The molecule has 1 saturated heterocycles. The Morgan fingerprint density at radius 3 is 2.56 bits per heavy atom. The first-order valence-electron chi connectivity index (χ1n) is 10.9. The lowest BCUT2D eigenvalue weighted by Crippen LogP contribution is -2.46. The number of carbonyl (C=O) groups excluding carboxylic acids is 2. The average molecular weight is 450 g/mol. The third kappa shape index (κ3) is 4.83. The van der Waals surface area contributed by atoms with Gasteiger partial charge >= 0.3 is 6.09 Å². The van der Waals surface area contributed by atoms with Crippen LogP contribution in [-0.2, 0) is 16.1 Å². The Kier molecular flexibility index (Phi) is 6.85. The van der Waals surface area contributed by atoms with E-state index in [1.807, 2.05) is 60.0 Å². The summed E-state index contributed by atoms with van der Waals surface area (Å²) in [6.45, 7) is 4.96. The molecule has 0 saturated carbocycles. The van der Waals surface area contributed by atoms with Gasteiger partial charge in [0.1, 0.15) is 12.6 Å². The molecule has 6 nitrogen and oxygen atoms in total. The van der Waals surface area contributed by atoms with E-state index >= 15 is 0 Å². The summed E-state index contributed by atoms with van der Waals surface area (Å²) in [6, 6.07) is 16.9. The van der Waals surface area contributed by atoms with Gasteiger partial charge in [-0.05, 0) is 42.0 Å². The van der Waals surface area contributed by atoms with Crippen molar-refractivity contribution >= 4 is 34.2 Å². The Hall–Kier alpha value is -3.19. The van der Waals surface area contributed by atoms with Crippen LogP contribution in [-0.4, -0.2) is 34.5 Å². The van der Waals surface area contributed by atoms with E-state index in [0.717, 1.165) is 17.7 Å². The SMILES string of the molecule is CC(C)c1ccc(N(C(=O)C2CCCN2C(=O)OCc2ccccc2)c2nccs2)cc1. The van der Waals surface area contributed by atoms with Crippen molar-refractivity contribution in [2.45, 2.75) is 45.3 Å². The van der Waals surface area contributed by atoms with Gasteiger partial charge in [0.2, 0.25) is 0 Å². The highest BCUT2D eigenvalue weighted by Gasteiger charge is 2.39. The molecule has 0 N–H and O–H groups in total. The lowest BCUT2D eigenvalue weighted by atomic mass is 10.0. The van der Waals surface area contributed by atoms with E-state index in [9.17, 15) is 9.59 Å². The number of amides is 2. The second-order valence-corrected chi connectivity index (χ2v) is 9.00. The average Bonchev–Trinajstić information content (AvgIpc) is 3.51. The third-order valence-electron chi connectivity index (χ3n) is 5.63. The normalized spacial score (nSPS) is 15.7. The van der Waals surface area contributed by atoms with Crippen LogP contribution in [0.5, 0.6) is 0 Å². The van der Waals surface area contributed by atoms with E-state index < -0.39 is 12.1 Å². The Balaban J connectivity index is 1.54. The number of nitrogens with zero attached hydrogens (tertiary/aromatic N) is 3. The van der Waals surface area contributed by atoms with Gasteiger partial charge in [-0.2, -0.15) is 0 Å². The summed E-state index contributed by atoms with van der Waals surface area (Å²) in [7, 11) is 0. The molecular formula is C25H27N3O3S. The standard InChI is InChI=1S/C25H27N3O3S/c1-18(2)20-10-12-21(13-11-20)28(24-26-14-16-32-24)23(29)22-9-6-15-27(22)25(30)31-17-19-7-4-3-5-8-19/h3-5,7-8,10-14,16,18,22H,6,9,15,17H2,1-2H3. The van der Waals surface area contributed by atoms with E-state index in [1.165, 1.54) is 16.9 Å². The number of rotatable bonds is 6. The highest BCUT2D eigenvalue weighted by Crippen LogP contribution is 2.32. The number of ether oxygens (including phenoxy) is 1. The molecule has 1 aliphatic rings. The minimum absolute atomic E-state index is 0.161. The fourth-order valence-electron chi connectivity index (χ4n) is 3.86. The number of carbonyl (C=O) groups is 2. The summed E-state index contributed by atoms with van der Waals surface area (Å²) in [4.78, 5) is 34.1. The maximum absolute atomic E-state index is 13.7. The van der Waals surface area contributed by atoms with Gasteiger partial charge < -0.3 is 4.74 Å². The van der Waals surface area contributed by atoms with Gasteiger partial charge in [-0.3, -0.25) is 14.6 Å². The smallest absolute Gasteiger partial charge is 0.410 e. The first-order chi connectivity index (χ1) is 15.5. The molecule has 3 aromatic rings. The lowest BCUT2D eigenvalue weighted by molar-refractivity contribution is -0.121. The Labute approximate surface area is 192 Å². The van der Waals surface area contributed by atoms with Crippen LogP contribution in [0, 0.1) is 0 Å². The van der Waals surface area contributed by atoms with Crippen molar-refractivity contribution in [2.24, 2.45) is 0 Å². The molecule has 1 fully saturated rings. The van der Waals surface area contributed by atoms with Crippen LogP contribution >= 0.6 is 11.3 Å².